The highest BCUT2D eigenvalue weighted by Gasteiger charge is 2.16. The van der Waals surface area contributed by atoms with Crippen molar-refractivity contribution >= 4 is 37.5 Å². The van der Waals surface area contributed by atoms with Crippen LogP contribution in [0.2, 0.25) is 0 Å². The Labute approximate surface area is 115 Å². The summed E-state index contributed by atoms with van der Waals surface area (Å²) in [6.07, 6.45) is 7.54. The molecule has 1 aromatic rings. The van der Waals surface area contributed by atoms with E-state index >= 15 is 0 Å². The molecule has 2 N–H and O–H groups in total. The minimum Gasteiger partial charge on any atom is -0.300 e. The summed E-state index contributed by atoms with van der Waals surface area (Å²) in [6.45, 7) is 0. The molecule has 0 radical (unpaired) electrons. The lowest BCUT2D eigenvalue weighted by molar-refractivity contribution is -0.116. The van der Waals surface area contributed by atoms with E-state index in [1.54, 1.807) is 0 Å². The van der Waals surface area contributed by atoms with E-state index in [1.165, 1.54) is 0 Å². The van der Waals surface area contributed by atoms with Crippen molar-refractivity contribution in [3.63, 3.8) is 0 Å². The van der Waals surface area contributed by atoms with E-state index in [1.807, 2.05) is 6.08 Å². The summed E-state index contributed by atoms with van der Waals surface area (Å²) in [5.74, 6) is 0.139. The van der Waals surface area contributed by atoms with E-state index in [9.17, 15) is 13.2 Å². The molecule has 0 spiro atoms. The minimum absolute atomic E-state index is 0.138. The Hall–Kier alpha value is -1.48. The summed E-state index contributed by atoms with van der Waals surface area (Å²) in [5, 5.41) is 10.4. The van der Waals surface area contributed by atoms with Gasteiger partial charge in [0.15, 0.2) is 0 Å². The van der Waals surface area contributed by atoms with Crippen molar-refractivity contribution in [2.45, 2.75) is 19.3 Å². The number of hydrogen-bond acceptors (Lipinski definition) is 6. The molecule has 0 aliphatic heterocycles. The number of nitrogens with zero attached hydrogens (tertiary/aromatic N) is 2. The first-order chi connectivity index (χ1) is 8.92. The van der Waals surface area contributed by atoms with Crippen molar-refractivity contribution in [1.82, 2.24) is 10.2 Å². The Kier molecular flexibility index (Phi) is 4.15. The average molecular weight is 302 g/mol. The summed E-state index contributed by atoms with van der Waals surface area (Å²) >= 11 is 0.984. The summed E-state index contributed by atoms with van der Waals surface area (Å²) in [4.78, 5) is 11.7. The van der Waals surface area contributed by atoms with Crippen molar-refractivity contribution in [2.24, 2.45) is 5.92 Å². The zero-order valence-electron chi connectivity index (χ0n) is 10.3. The highest BCUT2D eigenvalue weighted by Crippen LogP contribution is 2.23. The number of anilines is 2. The van der Waals surface area contributed by atoms with Gasteiger partial charge in [-0.15, -0.1) is 10.2 Å². The van der Waals surface area contributed by atoms with Crippen LogP contribution in [-0.4, -0.2) is 30.8 Å². The number of carbonyl (C=O) groups is 1. The number of rotatable bonds is 5. The van der Waals surface area contributed by atoms with Gasteiger partial charge in [-0.3, -0.25) is 9.52 Å². The van der Waals surface area contributed by atoms with Crippen molar-refractivity contribution in [3.05, 3.63) is 12.2 Å². The van der Waals surface area contributed by atoms with Crippen LogP contribution in [0.15, 0.2) is 12.2 Å². The number of carbonyl (C=O) groups excluding carboxylic acids is 1. The Bertz CT molecular complexity index is 594. The molecule has 1 aliphatic carbocycles. The molecular formula is C10H14N4O3S2. The van der Waals surface area contributed by atoms with E-state index < -0.39 is 10.0 Å². The SMILES string of the molecule is CS(=O)(=O)Nc1nnc(NC(=O)CC2C=CCC2)s1. The molecule has 1 amide bonds. The second kappa shape index (κ2) is 5.66. The van der Waals surface area contributed by atoms with Crippen LogP contribution in [0, 0.1) is 5.92 Å². The maximum Gasteiger partial charge on any atom is 0.231 e. The number of hydrogen-bond donors (Lipinski definition) is 2. The quantitative estimate of drug-likeness (QED) is 0.796. The van der Waals surface area contributed by atoms with E-state index in [4.69, 9.17) is 0 Å². The van der Waals surface area contributed by atoms with Gasteiger partial charge in [-0.25, -0.2) is 8.42 Å². The molecule has 1 aliphatic rings. The normalized spacial score (nSPS) is 18.5. The lowest BCUT2D eigenvalue weighted by Gasteiger charge is -2.05. The molecular weight excluding hydrogens is 288 g/mol. The summed E-state index contributed by atoms with van der Waals surface area (Å²) in [7, 11) is -3.37. The fourth-order valence-electron chi connectivity index (χ4n) is 1.75. The smallest absolute Gasteiger partial charge is 0.231 e. The van der Waals surface area contributed by atoms with E-state index in [0.29, 0.717) is 6.42 Å². The predicted octanol–water partition coefficient (Wildman–Crippen LogP) is 1.20. The first kappa shape index (κ1) is 13.9. The number of aromatic nitrogens is 2. The Morgan fingerprint density at radius 2 is 2.21 bits per heavy atom. The van der Waals surface area contributed by atoms with Gasteiger partial charge >= 0.3 is 0 Å². The standard InChI is InChI=1S/C10H14N4O3S2/c1-19(16,17)14-10-13-12-9(18-10)11-8(15)6-7-4-2-3-5-7/h2,4,7H,3,5-6H2,1H3,(H,13,14)(H,11,12,15). The molecule has 0 aromatic carbocycles. The lowest BCUT2D eigenvalue weighted by atomic mass is 10.1. The second-order valence-corrected chi connectivity index (χ2v) is 7.03. The zero-order valence-corrected chi connectivity index (χ0v) is 11.9. The summed E-state index contributed by atoms with van der Waals surface area (Å²) in [5.41, 5.74) is 0. The molecule has 19 heavy (non-hydrogen) atoms. The third-order valence-corrected chi connectivity index (χ3v) is 3.95. The lowest BCUT2D eigenvalue weighted by Crippen LogP contribution is -2.14. The van der Waals surface area contributed by atoms with Gasteiger partial charge in [-0.2, -0.15) is 0 Å². The molecule has 0 bridgehead atoms. The number of nitrogens with one attached hydrogen (secondary N) is 2. The Balaban J connectivity index is 1.88. The van der Waals surface area contributed by atoms with Crippen molar-refractivity contribution in [2.75, 3.05) is 16.3 Å². The van der Waals surface area contributed by atoms with E-state index in [2.05, 4.69) is 26.3 Å². The predicted molar refractivity (Wildman–Crippen MR) is 73.5 cm³/mol. The van der Waals surface area contributed by atoms with Crippen LogP contribution >= 0.6 is 11.3 Å². The van der Waals surface area contributed by atoms with Crippen LogP contribution in [0.1, 0.15) is 19.3 Å². The van der Waals surface area contributed by atoms with Gasteiger partial charge in [-0.1, -0.05) is 23.5 Å². The monoisotopic (exact) mass is 302 g/mol. The molecule has 1 unspecified atom stereocenters. The number of sulfonamides is 1. The summed E-state index contributed by atoms with van der Waals surface area (Å²) < 4.78 is 24.2. The molecule has 1 heterocycles. The summed E-state index contributed by atoms with van der Waals surface area (Å²) in [6, 6.07) is 0. The van der Waals surface area contributed by atoms with Crippen LogP contribution in [0.25, 0.3) is 0 Å². The fourth-order valence-corrected chi connectivity index (χ4v) is 3.24. The molecule has 1 atom stereocenters. The average Bonchev–Trinajstić information content (AvgIpc) is 2.88. The first-order valence-corrected chi connectivity index (χ1v) is 8.41. The molecule has 9 heteroatoms. The Morgan fingerprint density at radius 3 is 2.84 bits per heavy atom. The van der Waals surface area contributed by atoms with Crippen molar-refractivity contribution in [3.8, 4) is 0 Å². The van der Waals surface area contributed by atoms with Gasteiger partial charge in [0, 0.05) is 6.42 Å². The molecule has 2 rings (SSSR count). The second-order valence-electron chi connectivity index (χ2n) is 4.30. The molecule has 0 fully saturated rings. The fraction of sp³-hybridized carbons (Fsp3) is 0.500. The van der Waals surface area contributed by atoms with E-state index in [-0.39, 0.29) is 22.1 Å². The number of allylic oxidation sites excluding steroid dienone is 2. The highest BCUT2D eigenvalue weighted by molar-refractivity contribution is 7.92. The largest absolute Gasteiger partial charge is 0.300 e. The maximum atomic E-state index is 11.7. The van der Waals surface area contributed by atoms with Crippen LogP contribution < -0.4 is 10.0 Å². The molecule has 104 valence electrons. The number of amides is 1. The molecule has 0 saturated heterocycles. The molecule has 1 aromatic heterocycles. The van der Waals surface area contributed by atoms with Crippen molar-refractivity contribution < 1.29 is 13.2 Å². The van der Waals surface area contributed by atoms with Gasteiger partial charge in [0.2, 0.25) is 26.2 Å². The highest BCUT2D eigenvalue weighted by atomic mass is 32.2. The van der Waals surface area contributed by atoms with Gasteiger partial charge in [0.05, 0.1) is 6.26 Å². The topological polar surface area (TPSA) is 101 Å². The molecule has 7 nitrogen and oxygen atoms in total. The Morgan fingerprint density at radius 1 is 1.47 bits per heavy atom. The minimum atomic E-state index is -3.37. The third kappa shape index (κ3) is 4.60. The van der Waals surface area contributed by atoms with Crippen molar-refractivity contribution in [1.29, 1.82) is 0 Å². The van der Waals surface area contributed by atoms with Gasteiger partial charge in [0.1, 0.15) is 0 Å². The van der Waals surface area contributed by atoms with Crippen LogP contribution in [0.4, 0.5) is 10.3 Å². The zero-order chi connectivity index (χ0) is 13.9. The molecule has 0 saturated carbocycles. The maximum absolute atomic E-state index is 11.7. The van der Waals surface area contributed by atoms with Gasteiger partial charge < -0.3 is 5.32 Å². The first-order valence-electron chi connectivity index (χ1n) is 5.70. The van der Waals surface area contributed by atoms with Gasteiger partial charge in [0.25, 0.3) is 0 Å². The van der Waals surface area contributed by atoms with Crippen LogP contribution in [-0.2, 0) is 14.8 Å². The third-order valence-electron chi connectivity index (χ3n) is 2.50. The van der Waals surface area contributed by atoms with Gasteiger partial charge in [-0.05, 0) is 18.8 Å². The van der Waals surface area contributed by atoms with E-state index in [0.717, 1.165) is 30.4 Å². The van der Waals surface area contributed by atoms with Crippen LogP contribution in [0.3, 0.4) is 0 Å². The van der Waals surface area contributed by atoms with Crippen LogP contribution in [0.5, 0.6) is 0 Å².